The number of anilines is 1. The number of hydrogen-bond acceptors (Lipinski definition) is 4. The Balaban J connectivity index is 2.06. The van der Waals surface area contributed by atoms with E-state index < -0.39 is 0 Å². The van der Waals surface area contributed by atoms with Gasteiger partial charge >= 0.3 is 0 Å². The van der Waals surface area contributed by atoms with Crippen LogP contribution < -0.4 is 10.1 Å². The molecule has 4 heteroatoms. The standard InChI is InChI=1S/C15H20N2OS/c1-5-18-14-8-6-13(7-9-14)17-11(3)15-10(2)16-12(4)19-15/h6-9,11,17H,5H2,1-4H3. The first-order chi connectivity index (χ1) is 9.10. The van der Waals surface area contributed by atoms with Gasteiger partial charge in [0.05, 0.1) is 23.4 Å². The minimum atomic E-state index is 0.268. The average molecular weight is 276 g/mol. The Morgan fingerprint density at radius 1 is 1.26 bits per heavy atom. The van der Waals surface area contributed by atoms with E-state index in [9.17, 15) is 0 Å². The summed E-state index contributed by atoms with van der Waals surface area (Å²) in [7, 11) is 0. The normalized spacial score (nSPS) is 12.2. The van der Waals surface area contributed by atoms with Crippen molar-refractivity contribution in [3.63, 3.8) is 0 Å². The molecule has 1 N–H and O–H groups in total. The van der Waals surface area contributed by atoms with Gasteiger partial charge in [0.25, 0.3) is 0 Å². The molecule has 0 saturated heterocycles. The molecule has 0 aliphatic heterocycles. The summed E-state index contributed by atoms with van der Waals surface area (Å²) in [5.41, 5.74) is 2.22. The molecule has 2 aromatic rings. The molecule has 0 spiro atoms. The van der Waals surface area contributed by atoms with Gasteiger partial charge in [-0.2, -0.15) is 0 Å². The first kappa shape index (κ1) is 13.9. The number of hydrogen-bond donors (Lipinski definition) is 1. The summed E-state index contributed by atoms with van der Waals surface area (Å²) in [6, 6.07) is 8.34. The summed E-state index contributed by atoms with van der Waals surface area (Å²) in [6.45, 7) is 8.96. The van der Waals surface area contributed by atoms with Crippen molar-refractivity contribution in [1.29, 1.82) is 0 Å². The zero-order valence-electron chi connectivity index (χ0n) is 11.9. The molecule has 1 aromatic carbocycles. The van der Waals surface area contributed by atoms with Crippen molar-refractivity contribution in [3.05, 3.63) is 39.8 Å². The maximum absolute atomic E-state index is 5.44. The van der Waals surface area contributed by atoms with Gasteiger partial charge in [-0.05, 0) is 52.0 Å². The summed E-state index contributed by atoms with van der Waals surface area (Å²) in [5.74, 6) is 0.908. The number of thiazole rings is 1. The maximum Gasteiger partial charge on any atom is 0.119 e. The van der Waals surface area contributed by atoms with E-state index in [-0.39, 0.29) is 6.04 Å². The molecule has 102 valence electrons. The molecular formula is C15H20N2OS. The molecule has 0 fully saturated rings. The summed E-state index contributed by atoms with van der Waals surface area (Å²) in [4.78, 5) is 5.77. The van der Waals surface area contributed by atoms with E-state index in [1.807, 2.05) is 38.1 Å². The Bertz CT molecular complexity index is 534. The van der Waals surface area contributed by atoms with E-state index in [0.29, 0.717) is 6.61 Å². The van der Waals surface area contributed by atoms with Crippen molar-refractivity contribution < 1.29 is 4.74 Å². The molecule has 19 heavy (non-hydrogen) atoms. The second-order valence-corrected chi connectivity index (χ2v) is 5.74. The van der Waals surface area contributed by atoms with Crippen LogP contribution in [0.5, 0.6) is 5.75 Å². The van der Waals surface area contributed by atoms with Gasteiger partial charge in [-0.15, -0.1) is 11.3 Å². The molecule has 1 heterocycles. The summed E-state index contributed by atoms with van der Waals surface area (Å²) < 4.78 is 5.44. The van der Waals surface area contributed by atoms with Gasteiger partial charge < -0.3 is 10.1 Å². The zero-order chi connectivity index (χ0) is 13.8. The van der Waals surface area contributed by atoms with Gasteiger partial charge in [0.1, 0.15) is 5.75 Å². The van der Waals surface area contributed by atoms with Crippen LogP contribution in [0.3, 0.4) is 0 Å². The number of aryl methyl sites for hydroxylation is 2. The minimum Gasteiger partial charge on any atom is -0.494 e. The predicted octanol–water partition coefficient (Wildman–Crippen LogP) is 4.33. The molecule has 2 rings (SSSR count). The number of rotatable bonds is 5. The fourth-order valence-electron chi connectivity index (χ4n) is 2.08. The number of aromatic nitrogens is 1. The number of nitrogens with zero attached hydrogens (tertiary/aromatic N) is 1. The molecule has 3 nitrogen and oxygen atoms in total. The summed E-state index contributed by atoms with van der Waals surface area (Å²) in [5, 5.41) is 4.61. The molecule has 0 saturated carbocycles. The first-order valence-corrected chi connectivity index (χ1v) is 7.35. The highest BCUT2D eigenvalue weighted by molar-refractivity contribution is 7.11. The van der Waals surface area contributed by atoms with Crippen LogP contribution in [0.25, 0.3) is 0 Å². The summed E-state index contributed by atoms with van der Waals surface area (Å²) in [6.07, 6.45) is 0. The monoisotopic (exact) mass is 276 g/mol. The van der Waals surface area contributed by atoms with Gasteiger partial charge in [-0.3, -0.25) is 0 Å². The number of benzene rings is 1. The van der Waals surface area contributed by atoms with Gasteiger partial charge in [-0.25, -0.2) is 4.98 Å². The number of nitrogens with one attached hydrogen (secondary N) is 1. The molecule has 1 aromatic heterocycles. The fourth-order valence-corrected chi connectivity index (χ4v) is 3.01. The van der Waals surface area contributed by atoms with Crippen LogP contribution in [-0.2, 0) is 0 Å². The van der Waals surface area contributed by atoms with Crippen LogP contribution in [-0.4, -0.2) is 11.6 Å². The predicted molar refractivity (Wildman–Crippen MR) is 81.2 cm³/mol. The van der Waals surface area contributed by atoms with Crippen LogP contribution in [0.2, 0.25) is 0 Å². The van der Waals surface area contributed by atoms with Crippen LogP contribution in [0.4, 0.5) is 5.69 Å². The van der Waals surface area contributed by atoms with Crippen LogP contribution in [0.15, 0.2) is 24.3 Å². The average Bonchev–Trinajstić information content (AvgIpc) is 2.71. The SMILES string of the molecule is CCOc1ccc(NC(C)c2sc(C)nc2C)cc1. The third kappa shape index (κ3) is 3.47. The van der Waals surface area contributed by atoms with Gasteiger partial charge in [0, 0.05) is 10.6 Å². The third-order valence-electron chi connectivity index (χ3n) is 2.88. The quantitative estimate of drug-likeness (QED) is 0.882. The molecule has 1 unspecified atom stereocenters. The van der Waals surface area contributed by atoms with E-state index in [0.717, 1.165) is 22.1 Å². The van der Waals surface area contributed by atoms with Gasteiger partial charge in [0.2, 0.25) is 0 Å². The second-order valence-electron chi connectivity index (χ2n) is 4.51. The van der Waals surface area contributed by atoms with Crippen molar-refractivity contribution >= 4 is 17.0 Å². The van der Waals surface area contributed by atoms with E-state index >= 15 is 0 Å². The molecule has 1 atom stereocenters. The fraction of sp³-hybridized carbons (Fsp3) is 0.400. The highest BCUT2D eigenvalue weighted by Gasteiger charge is 2.12. The van der Waals surface area contributed by atoms with Crippen LogP contribution in [0, 0.1) is 13.8 Å². The summed E-state index contributed by atoms with van der Waals surface area (Å²) >= 11 is 1.75. The zero-order valence-corrected chi connectivity index (χ0v) is 12.7. The lowest BCUT2D eigenvalue weighted by Gasteiger charge is -2.14. The van der Waals surface area contributed by atoms with E-state index in [1.54, 1.807) is 11.3 Å². The van der Waals surface area contributed by atoms with Crippen molar-refractivity contribution in [2.24, 2.45) is 0 Å². The lowest BCUT2D eigenvalue weighted by molar-refractivity contribution is 0.340. The Labute approximate surface area is 118 Å². The molecular weight excluding hydrogens is 256 g/mol. The molecule has 0 amide bonds. The van der Waals surface area contributed by atoms with E-state index in [2.05, 4.69) is 24.1 Å². The molecule has 0 aliphatic carbocycles. The van der Waals surface area contributed by atoms with Gasteiger partial charge in [-0.1, -0.05) is 0 Å². The van der Waals surface area contributed by atoms with E-state index in [4.69, 9.17) is 4.74 Å². The minimum absolute atomic E-state index is 0.268. The lowest BCUT2D eigenvalue weighted by atomic mass is 10.2. The molecule has 0 bridgehead atoms. The smallest absolute Gasteiger partial charge is 0.119 e. The number of ether oxygens (including phenoxy) is 1. The topological polar surface area (TPSA) is 34.1 Å². The second kappa shape index (κ2) is 6.06. The maximum atomic E-state index is 5.44. The van der Waals surface area contributed by atoms with Crippen molar-refractivity contribution in [3.8, 4) is 5.75 Å². The Kier molecular flexibility index (Phi) is 4.43. The Morgan fingerprint density at radius 3 is 2.47 bits per heavy atom. The molecule has 0 radical (unpaired) electrons. The van der Waals surface area contributed by atoms with Crippen molar-refractivity contribution in [2.75, 3.05) is 11.9 Å². The highest BCUT2D eigenvalue weighted by Crippen LogP contribution is 2.28. The highest BCUT2D eigenvalue weighted by atomic mass is 32.1. The van der Waals surface area contributed by atoms with Crippen LogP contribution in [0.1, 0.15) is 35.5 Å². The van der Waals surface area contributed by atoms with Crippen LogP contribution >= 0.6 is 11.3 Å². The lowest BCUT2D eigenvalue weighted by Crippen LogP contribution is -2.06. The van der Waals surface area contributed by atoms with Crippen molar-refractivity contribution in [1.82, 2.24) is 4.98 Å². The Hall–Kier alpha value is -1.55. The van der Waals surface area contributed by atoms with E-state index in [1.165, 1.54) is 4.88 Å². The first-order valence-electron chi connectivity index (χ1n) is 6.53. The molecule has 0 aliphatic rings. The van der Waals surface area contributed by atoms with Crippen molar-refractivity contribution in [2.45, 2.75) is 33.7 Å². The van der Waals surface area contributed by atoms with Gasteiger partial charge in [0.15, 0.2) is 0 Å². The Morgan fingerprint density at radius 2 is 1.95 bits per heavy atom. The largest absolute Gasteiger partial charge is 0.494 e. The third-order valence-corrected chi connectivity index (χ3v) is 4.14.